The highest BCUT2D eigenvalue weighted by molar-refractivity contribution is 5.74. The third-order valence-electron chi connectivity index (χ3n) is 5.77. The summed E-state index contributed by atoms with van der Waals surface area (Å²) in [6.07, 6.45) is 3.13. The largest absolute Gasteiger partial charge is 0.347 e. The van der Waals surface area contributed by atoms with Crippen LogP contribution >= 0.6 is 0 Å². The molecule has 1 aromatic rings. The van der Waals surface area contributed by atoms with Crippen molar-refractivity contribution in [1.29, 1.82) is 0 Å². The number of hydrogen-bond acceptors (Lipinski definition) is 3. The molecule has 1 N–H and O–H groups in total. The van der Waals surface area contributed by atoms with Gasteiger partial charge in [-0.05, 0) is 37.3 Å². The maximum absolute atomic E-state index is 12.6. The van der Waals surface area contributed by atoms with Crippen molar-refractivity contribution in [3.8, 4) is 0 Å². The smallest absolute Gasteiger partial charge is 0.317 e. The molecule has 0 aromatic heterocycles. The first-order chi connectivity index (χ1) is 11.7. The topological polar surface area (TPSA) is 50.8 Å². The summed E-state index contributed by atoms with van der Waals surface area (Å²) in [7, 11) is 0. The number of fused-ring (bicyclic) bond motifs is 1. The number of carbonyl (C=O) groups is 1. The van der Waals surface area contributed by atoms with Gasteiger partial charge in [-0.1, -0.05) is 24.3 Å². The van der Waals surface area contributed by atoms with Crippen LogP contribution in [0.1, 0.15) is 36.8 Å². The number of amides is 2. The maximum atomic E-state index is 12.6. The van der Waals surface area contributed by atoms with Crippen molar-refractivity contribution in [2.24, 2.45) is 5.92 Å². The number of urea groups is 1. The Morgan fingerprint density at radius 3 is 2.92 bits per heavy atom. The van der Waals surface area contributed by atoms with Crippen molar-refractivity contribution in [3.63, 3.8) is 0 Å². The first kappa shape index (κ1) is 15.9. The third-order valence-corrected chi connectivity index (χ3v) is 5.77. The van der Waals surface area contributed by atoms with E-state index in [0.717, 1.165) is 32.4 Å². The molecular formula is C19H26N2O3. The summed E-state index contributed by atoms with van der Waals surface area (Å²) >= 11 is 0. The van der Waals surface area contributed by atoms with E-state index in [1.165, 1.54) is 11.1 Å². The number of likely N-dealkylation sites (tertiary alicyclic amines) is 1. The fourth-order valence-corrected chi connectivity index (χ4v) is 4.22. The summed E-state index contributed by atoms with van der Waals surface area (Å²) in [5, 5.41) is 3.12. The minimum absolute atomic E-state index is 0.0469. The highest BCUT2D eigenvalue weighted by Gasteiger charge is 2.42. The Morgan fingerprint density at radius 1 is 1.33 bits per heavy atom. The fraction of sp³-hybridized carbons (Fsp3) is 0.632. The molecule has 130 valence electrons. The SMILES string of the molecule is CC1([C@@H]2CCCN(C(=O)NC[C@@H]3Cc4ccccc43)C2)OCCO1. The van der Waals surface area contributed by atoms with Crippen LogP contribution in [0.25, 0.3) is 0 Å². The molecule has 2 aliphatic heterocycles. The molecule has 24 heavy (non-hydrogen) atoms. The molecule has 3 aliphatic rings. The highest BCUT2D eigenvalue weighted by atomic mass is 16.7. The Balaban J connectivity index is 1.30. The molecule has 4 rings (SSSR count). The molecule has 1 aromatic carbocycles. The number of rotatable bonds is 3. The second-order valence-corrected chi connectivity index (χ2v) is 7.28. The lowest BCUT2D eigenvalue weighted by molar-refractivity contribution is -0.189. The van der Waals surface area contributed by atoms with Gasteiger partial charge >= 0.3 is 6.03 Å². The van der Waals surface area contributed by atoms with Crippen LogP contribution in [0, 0.1) is 5.92 Å². The molecule has 2 heterocycles. The number of hydrogen-bond donors (Lipinski definition) is 1. The van der Waals surface area contributed by atoms with Crippen LogP contribution in [0.2, 0.25) is 0 Å². The van der Waals surface area contributed by atoms with E-state index in [1.807, 2.05) is 11.8 Å². The fourth-order valence-electron chi connectivity index (χ4n) is 4.22. The van der Waals surface area contributed by atoms with Crippen LogP contribution in [0.3, 0.4) is 0 Å². The van der Waals surface area contributed by atoms with Gasteiger partial charge in [0.05, 0.1) is 13.2 Å². The second-order valence-electron chi connectivity index (χ2n) is 7.28. The first-order valence-corrected chi connectivity index (χ1v) is 9.04. The number of ether oxygens (including phenoxy) is 2. The van der Waals surface area contributed by atoms with E-state index in [-0.39, 0.29) is 11.9 Å². The summed E-state index contributed by atoms with van der Waals surface area (Å²) < 4.78 is 11.6. The molecule has 2 amide bonds. The predicted molar refractivity (Wildman–Crippen MR) is 90.9 cm³/mol. The van der Waals surface area contributed by atoms with Gasteiger partial charge in [0.25, 0.3) is 0 Å². The molecule has 0 radical (unpaired) electrons. The summed E-state index contributed by atoms with van der Waals surface area (Å²) in [6, 6.07) is 8.54. The van der Waals surface area contributed by atoms with Crippen LogP contribution in [0.4, 0.5) is 4.79 Å². The maximum Gasteiger partial charge on any atom is 0.317 e. The number of nitrogens with one attached hydrogen (secondary N) is 1. The Labute approximate surface area is 143 Å². The molecule has 1 aliphatic carbocycles. The zero-order chi connectivity index (χ0) is 16.6. The van der Waals surface area contributed by atoms with E-state index < -0.39 is 5.79 Å². The molecule has 2 fully saturated rings. The van der Waals surface area contributed by atoms with E-state index in [9.17, 15) is 4.79 Å². The number of carbonyl (C=O) groups excluding carboxylic acids is 1. The summed E-state index contributed by atoms with van der Waals surface area (Å²) in [4.78, 5) is 14.5. The van der Waals surface area contributed by atoms with Crippen LogP contribution < -0.4 is 5.32 Å². The van der Waals surface area contributed by atoms with Crippen molar-refractivity contribution in [2.75, 3.05) is 32.8 Å². The lowest BCUT2D eigenvalue weighted by Gasteiger charge is -2.40. The third kappa shape index (κ3) is 2.91. The Kier molecular flexibility index (Phi) is 4.22. The molecular weight excluding hydrogens is 304 g/mol. The zero-order valence-corrected chi connectivity index (χ0v) is 14.3. The molecule has 5 nitrogen and oxygen atoms in total. The van der Waals surface area contributed by atoms with Crippen LogP contribution in [0.15, 0.2) is 24.3 Å². The first-order valence-electron chi connectivity index (χ1n) is 9.04. The Morgan fingerprint density at radius 2 is 2.12 bits per heavy atom. The molecule has 0 bridgehead atoms. The van der Waals surface area contributed by atoms with E-state index in [1.54, 1.807) is 0 Å². The quantitative estimate of drug-likeness (QED) is 0.926. The van der Waals surface area contributed by atoms with Crippen molar-refractivity contribution in [3.05, 3.63) is 35.4 Å². The van der Waals surface area contributed by atoms with Crippen LogP contribution in [-0.2, 0) is 15.9 Å². The monoisotopic (exact) mass is 330 g/mol. The summed E-state index contributed by atoms with van der Waals surface area (Å²) in [6.45, 7) is 5.57. The van der Waals surface area contributed by atoms with Gasteiger partial charge in [-0.2, -0.15) is 0 Å². The number of piperidine rings is 1. The minimum Gasteiger partial charge on any atom is -0.347 e. The zero-order valence-electron chi connectivity index (χ0n) is 14.3. The molecule has 5 heteroatoms. The van der Waals surface area contributed by atoms with Crippen molar-refractivity contribution >= 4 is 6.03 Å². The van der Waals surface area contributed by atoms with Crippen molar-refractivity contribution in [1.82, 2.24) is 10.2 Å². The summed E-state index contributed by atoms with van der Waals surface area (Å²) in [5.74, 6) is 0.194. The van der Waals surface area contributed by atoms with Crippen molar-refractivity contribution < 1.29 is 14.3 Å². The summed E-state index contributed by atoms with van der Waals surface area (Å²) in [5.41, 5.74) is 2.80. The van der Waals surface area contributed by atoms with Crippen LogP contribution in [0.5, 0.6) is 0 Å². The van der Waals surface area contributed by atoms with E-state index in [4.69, 9.17) is 9.47 Å². The minimum atomic E-state index is -0.522. The molecule has 2 atom stereocenters. The van der Waals surface area contributed by atoms with Gasteiger partial charge in [0.15, 0.2) is 5.79 Å². The van der Waals surface area contributed by atoms with Crippen LogP contribution in [-0.4, -0.2) is 49.6 Å². The van der Waals surface area contributed by atoms with Gasteiger partial charge in [0, 0.05) is 31.5 Å². The van der Waals surface area contributed by atoms with Gasteiger partial charge in [-0.15, -0.1) is 0 Å². The lowest BCUT2D eigenvalue weighted by Crippen LogP contribution is -2.52. The van der Waals surface area contributed by atoms with Gasteiger partial charge in [0.2, 0.25) is 0 Å². The second kappa shape index (κ2) is 6.37. The van der Waals surface area contributed by atoms with Gasteiger partial charge < -0.3 is 19.7 Å². The van der Waals surface area contributed by atoms with E-state index in [2.05, 4.69) is 29.6 Å². The predicted octanol–water partition coefficient (Wildman–Crippen LogP) is 2.51. The molecule has 0 spiro atoms. The number of nitrogens with zero attached hydrogens (tertiary/aromatic N) is 1. The molecule has 2 saturated heterocycles. The molecule has 0 unspecified atom stereocenters. The van der Waals surface area contributed by atoms with Gasteiger partial charge in [-0.3, -0.25) is 0 Å². The normalized spacial score (nSPS) is 28.1. The average Bonchev–Trinajstić information content (AvgIpc) is 3.04. The molecule has 0 saturated carbocycles. The number of benzene rings is 1. The van der Waals surface area contributed by atoms with E-state index in [0.29, 0.717) is 25.7 Å². The standard InChI is InChI=1S/C19H26N2O3/c1-19(23-9-10-24-19)16-6-4-8-21(13-16)18(22)20-12-15-11-14-5-2-3-7-17(14)15/h2-3,5,7,15-16H,4,6,8-13H2,1H3,(H,20,22)/t15-,16+/m0/s1. The van der Waals surface area contributed by atoms with E-state index >= 15 is 0 Å². The van der Waals surface area contributed by atoms with Gasteiger partial charge in [0.1, 0.15) is 0 Å². The lowest BCUT2D eigenvalue weighted by atomic mass is 9.78. The van der Waals surface area contributed by atoms with Crippen molar-refractivity contribution in [2.45, 2.75) is 37.9 Å². The van der Waals surface area contributed by atoms with Gasteiger partial charge in [-0.25, -0.2) is 4.79 Å². The average molecular weight is 330 g/mol. The Bertz CT molecular complexity index is 612. The highest BCUT2D eigenvalue weighted by Crippen LogP contribution is 2.35. The Hall–Kier alpha value is -1.59.